The first-order chi connectivity index (χ1) is 8.76. The van der Waals surface area contributed by atoms with Crippen LogP contribution in [0.2, 0.25) is 5.02 Å². The minimum Gasteiger partial charge on any atom is -0.396 e. The van der Waals surface area contributed by atoms with Crippen molar-refractivity contribution in [2.45, 2.75) is 18.0 Å². The third kappa shape index (κ3) is 2.85. The molecule has 0 amide bonds. The number of nitrogens with zero attached hydrogens (tertiary/aromatic N) is 3. The number of hydrogen-bond donors (Lipinski definition) is 1. The Bertz CT molecular complexity index is 513. The molecule has 0 aliphatic heterocycles. The summed E-state index contributed by atoms with van der Waals surface area (Å²) in [6, 6.07) is 7.56. The molecule has 0 fully saturated rings. The molecule has 0 saturated heterocycles. The van der Waals surface area contributed by atoms with E-state index in [-0.39, 0.29) is 6.61 Å². The van der Waals surface area contributed by atoms with Gasteiger partial charge in [0.25, 0.3) is 0 Å². The van der Waals surface area contributed by atoms with Gasteiger partial charge in [-0.25, -0.2) is 0 Å². The summed E-state index contributed by atoms with van der Waals surface area (Å²) in [4.78, 5) is 0. The molecule has 2 rings (SSSR count). The molecule has 1 N–H and O–H groups in total. The summed E-state index contributed by atoms with van der Waals surface area (Å²) in [6.45, 7) is 0.155. The second-order valence-corrected chi connectivity index (χ2v) is 4.95. The van der Waals surface area contributed by atoms with Crippen molar-refractivity contribution < 1.29 is 5.11 Å². The van der Waals surface area contributed by atoms with Crippen molar-refractivity contribution in [3.05, 3.63) is 35.1 Å². The summed E-state index contributed by atoms with van der Waals surface area (Å²) in [6.07, 6.45) is 3.35. The molecule has 18 heavy (non-hydrogen) atoms. The number of aryl methyl sites for hydroxylation is 1. The fraction of sp³-hybridized carbons (Fsp3) is 0.333. The van der Waals surface area contributed by atoms with Crippen LogP contribution in [0.4, 0.5) is 0 Å². The van der Waals surface area contributed by atoms with Crippen LogP contribution in [-0.4, -0.2) is 32.7 Å². The highest BCUT2D eigenvalue weighted by Gasteiger charge is 2.12. The van der Waals surface area contributed by atoms with Gasteiger partial charge in [-0.05, 0) is 36.9 Å². The molecule has 1 heterocycles. The van der Waals surface area contributed by atoms with Crippen molar-refractivity contribution in [3.8, 4) is 5.69 Å². The van der Waals surface area contributed by atoms with E-state index >= 15 is 0 Å². The normalized spacial score (nSPS) is 10.8. The first-order valence-corrected chi connectivity index (χ1v) is 7.21. The largest absolute Gasteiger partial charge is 0.396 e. The van der Waals surface area contributed by atoms with E-state index in [0.29, 0.717) is 17.9 Å². The zero-order chi connectivity index (χ0) is 13.0. The van der Waals surface area contributed by atoms with Crippen molar-refractivity contribution in [1.82, 2.24) is 14.8 Å². The lowest BCUT2D eigenvalue weighted by molar-refractivity contribution is 0.287. The van der Waals surface area contributed by atoms with Crippen molar-refractivity contribution in [3.63, 3.8) is 0 Å². The number of halogens is 1. The zero-order valence-corrected chi connectivity index (χ0v) is 11.6. The van der Waals surface area contributed by atoms with Crippen molar-refractivity contribution >= 4 is 23.4 Å². The molecule has 2 aromatic rings. The molecule has 0 bridgehead atoms. The molecule has 0 aliphatic rings. The van der Waals surface area contributed by atoms with E-state index in [0.717, 1.165) is 16.7 Å². The first-order valence-electron chi connectivity index (χ1n) is 5.61. The maximum Gasteiger partial charge on any atom is 0.195 e. The van der Waals surface area contributed by atoms with Gasteiger partial charge in [-0.15, -0.1) is 10.2 Å². The summed E-state index contributed by atoms with van der Waals surface area (Å²) in [5.74, 6) is 0.857. The standard InChI is InChI=1S/C12H14ClN3OS/c1-18-12-15-14-11(3-2-8-17)16(12)10-6-4-9(13)5-7-10/h4-7,17H,2-3,8H2,1H3. The lowest BCUT2D eigenvalue weighted by Crippen LogP contribution is -2.03. The van der Waals surface area contributed by atoms with E-state index < -0.39 is 0 Å². The third-order valence-electron chi connectivity index (χ3n) is 2.53. The number of thioether (sulfide) groups is 1. The SMILES string of the molecule is CSc1nnc(CCCO)n1-c1ccc(Cl)cc1. The minimum absolute atomic E-state index is 0.155. The highest BCUT2D eigenvalue weighted by atomic mass is 35.5. The lowest BCUT2D eigenvalue weighted by atomic mass is 10.3. The molecule has 1 aromatic heterocycles. The van der Waals surface area contributed by atoms with Gasteiger partial charge in [0.15, 0.2) is 5.16 Å². The van der Waals surface area contributed by atoms with Gasteiger partial charge in [-0.1, -0.05) is 23.4 Å². The predicted octanol–water partition coefficient (Wildman–Crippen LogP) is 2.57. The van der Waals surface area contributed by atoms with Gasteiger partial charge in [0.1, 0.15) is 5.82 Å². The Labute approximate surface area is 115 Å². The number of hydrogen-bond acceptors (Lipinski definition) is 4. The number of aliphatic hydroxyl groups is 1. The number of rotatable bonds is 5. The van der Waals surface area contributed by atoms with Gasteiger partial charge < -0.3 is 5.11 Å². The Balaban J connectivity index is 2.39. The van der Waals surface area contributed by atoms with Crippen LogP contribution >= 0.6 is 23.4 Å². The smallest absolute Gasteiger partial charge is 0.195 e. The van der Waals surface area contributed by atoms with Crippen LogP contribution in [-0.2, 0) is 6.42 Å². The fourth-order valence-electron chi connectivity index (χ4n) is 1.68. The average Bonchev–Trinajstić information content (AvgIpc) is 2.80. The monoisotopic (exact) mass is 283 g/mol. The Morgan fingerprint density at radius 2 is 2.00 bits per heavy atom. The Morgan fingerprint density at radius 3 is 2.61 bits per heavy atom. The molecule has 0 atom stereocenters. The molecule has 0 saturated carbocycles. The van der Waals surface area contributed by atoms with Gasteiger partial charge in [-0.2, -0.15) is 0 Å². The molecule has 4 nitrogen and oxygen atoms in total. The van der Waals surface area contributed by atoms with Crippen LogP contribution < -0.4 is 0 Å². The molecule has 6 heteroatoms. The number of benzene rings is 1. The predicted molar refractivity (Wildman–Crippen MR) is 73.6 cm³/mol. The number of aliphatic hydroxyl groups excluding tert-OH is 1. The summed E-state index contributed by atoms with van der Waals surface area (Å²) in [5, 5.41) is 18.8. The maximum absolute atomic E-state index is 8.91. The Kier molecular flexibility index (Phi) is 4.63. The molecule has 0 unspecified atom stereocenters. The first kappa shape index (κ1) is 13.4. The maximum atomic E-state index is 8.91. The Morgan fingerprint density at radius 1 is 1.28 bits per heavy atom. The van der Waals surface area contributed by atoms with Gasteiger partial charge in [0.2, 0.25) is 0 Å². The van der Waals surface area contributed by atoms with Crippen molar-refractivity contribution in [2.75, 3.05) is 12.9 Å². The lowest BCUT2D eigenvalue weighted by Gasteiger charge is -2.08. The van der Waals surface area contributed by atoms with E-state index in [4.69, 9.17) is 16.7 Å². The fourth-order valence-corrected chi connectivity index (χ4v) is 2.32. The molecule has 0 spiro atoms. The third-order valence-corrected chi connectivity index (χ3v) is 3.41. The van der Waals surface area contributed by atoms with Crippen LogP contribution in [0, 0.1) is 0 Å². The summed E-state index contributed by atoms with van der Waals surface area (Å²) < 4.78 is 2.00. The molecule has 0 aliphatic carbocycles. The molecule has 0 radical (unpaired) electrons. The highest BCUT2D eigenvalue weighted by Crippen LogP contribution is 2.22. The van der Waals surface area contributed by atoms with E-state index in [1.54, 1.807) is 11.8 Å². The van der Waals surface area contributed by atoms with Crippen LogP contribution in [0.5, 0.6) is 0 Å². The highest BCUT2D eigenvalue weighted by molar-refractivity contribution is 7.98. The van der Waals surface area contributed by atoms with Crippen molar-refractivity contribution in [2.24, 2.45) is 0 Å². The summed E-state index contributed by atoms with van der Waals surface area (Å²) >= 11 is 7.43. The summed E-state index contributed by atoms with van der Waals surface area (Å²) in [5.41, 5.74) is 0.988. The van der Waals surface area contributed by atoms with Crippen molar-refractivity contribution in [1.29, 1.82) is 0 Å². The molecule has 96 valence electrons. The van der Waals surface area contributed by atoms with Crippen LogP contribution in [0.1, 0.15) is 12.2 Å². The topological polar surface area (TPSA) is 50.9 Å². The van der Waals surface area contributed by atoms with Crippen LogP contribution in [0.15, 0.2) is 29.4 Å². The average molecular weight is 284 g/mol. The van der Waals surface area contributed by atoms with Gasteiger partial charge in [0.05, 0.1) is 0 Å². The molecular formula is C12H14ClN3OS. The second kappa shape index (κ2) is 6.22. The molecule has 1 aromatic carbocycles. The van der Waals surface area contributed by atoms with Crippen LogP contribution in [0.25, 0.3) is 5.69 Å². The van der Waals surface area contributed by atoms with Crippen LogP contribution in [0.3, 0.4) is 0 Å². The quantitative estimate of drug-likeness (QED) is 0.857. The Hall–Kier alpha value is -1.04. The molecular weight excluding hydrogens is 270 g/mol. The van der Waals surface area contributed by atoms with E-state index in [1.165, 1.54) is 0 Å². The second-order valence-electron chi connectivity index (χ2n) is 3.74. The van der Waals surface area contributed by atoms with E-state index in [2.05, 4.69) is 10.2 Å². The van der Waals surface area contributed by atoms with Gasteiger partial charge in [0, 0.05) is 23.7 Å². The zero-order valence-electron chi connectivity index (χ0n) is 10.0. The van der Waals surface area contributed by atoms with Gasteiger partial charge >= 0.3 is 0 Å². The van der Waals surface area contributed by atoms with E-state index in [1.807, 2.05) is 35.1 Å². The van der Waals surface area contributed by atoms with Gasteiger partial charge in [-0.3, -0.25) is 4.57 Å². The van der Waals surface area contributed by atoms with E-state index in [9.17, 15) is 0 Å². The number of aromatic nitrogens is 3. The summed E-state index contributed by atoms with van der Waals surface area (Å²) in [7, 11) is 0. The minimum atomic E-state index is 0.155.